The van der Waals surface area contributed by atoms with Crippen molar-refractivity contribution in [2.75, 3.05) is 10.6 Å². The number of pyridine rings is 1. The number of rotatable bonds is 4. The molecule has 27 heavy (non-hydrogen) atoms. The van der Waals surface area contributed by atoms with Crippen molar-refractivity contribution in [2.24, 2.45) is 0 Å². The number of amides is 2. The molecule has 2 amide bonds. The van der Waals surface area contributed by atoms with E-state index in [2.05, 4.69) is 15.6 Å². The maximum atomic E-state index is 13.7. The molecule has 3 aromatic rings. The highest BCUT2D eigenvalue weighted by Gasteiger charge is 2.14. The highest BCUT2D eigenvalue weighted by Crippen LogP contribution is 2.20. The number of halogens is 2. The first-order chi connectivity index (χ1) is 12.9. The van der Waals surface area contributed by atoms with E-state index in [1.807, 2.05) is 6.92 Å². The van der Waals surface area contributed by atoms with Gasteiger partial charge in [0.15, 0.2) is 0 Å². The van der Waals surface area contributed by atoms with Gasteiger partial charge < -0.3 is 10.6 Å². The van der Waals surface area contributed by atoms with Gasteiger partial charge in [-0.1, -0.05) is 23.7 Å². The molecule has 0 radical (unpaired) electrons. The minimum absolute atomic E-state index is 0.0575. The number of hydrogen-bond acceptors (Lipinski definition) is 3. The average Bonchev–Trinajstić information content (AvgIpc) is 2.66. The molecule has 0 aliphatic carbocycles. The third-order valence-corrected chi connectivity index (χ3v) is 4.05. The number of benzene rings is 2. The zero-order valence-corrected chi connectivity index (χ0v) is 15.0. The fourth-order valence-corrected chi connectivity index (χ4v) is 2.63. The van der Waals surface area contributed by atoms with E-state index in [0.29, 0.717) is 10.7 Å². The van der Waals surface area contributed by atoms with Gasteiger partial charge in [0.25, 0.3) is 11.8 Å². The maximum Gasteiger partial charge on any atom is 0.274 e. The summed E-state index contributed by atoms with van der Waals surface area (Å²) in [6.45, 7) is 1.81. The summed E-state index contributed by atoms with van der Waals surface area (Å²) in [5.74, 6) is -1.56. The summed E-state index contributed by atoms with van der Waals surface area (Å²) in [4.78, 5) is 28.8. The van der Waals surface area contributed by atoms with Gasteiger partial charge in [0.1, 0.15) is 11.5 Å². The Hall–Kier alpha value is -3.25. The third kappa shape index (κ3) is 4.48. The highest BCUT2D eigenvalue weighted by molar-refractivity contribution is 6.30. The Bertz CT molecular complexity index is 1020. The molecule has 0 unspecified atom stereocenters. The van der Waals surface area contributed by atoms with E-state index < -0.39 is 17.6 Å². The zero-order valence-electron chi connectivity index (χ0n) is 14.3. The lowest BCUT2D eigenvalue weighted by Gasteiger charge is -2.10. The third-order valence-electron chi connectivity index (χ3n) is 3.81. The number of aryl methyl sites for hydroxylation is 1. The highest BCUT2D eigenvalue weighted by atomic mass is 35.5. The Labute approximate surface area is 160 Å². The van der Waals surface area contributed by atoms with Crippen LogP contribution in [-0.2, 0) is 0 Å². The Balaban J connectivity index is 1.77. The van der Waals surface area contributed by atoms with Crippen LogP contribution in [0.4, 0.5) is 15.8 Å². The first-order valence-corrected chi connectivity index (χ1v) is 8.41. The van der Waals surface area contributed by atoms with E-state index >= 15 is 0 Å². The van der Waals surface area contributed by atoms with E-state index in [0.717, 1.165) is 5.56 Å². The fraction of sp³-hybridized carbons (Fsp3) is 0.0500. The molecule has 2 N–H and O–H groups in total. The molecular formula is C20H15ClFN3O2. The predicted molar refractivity (Wildman–Crippen MR) is 103 cm³/mol. The smallest absolute Gasteiger partial charge is 0.274 e. The number of aromatic nitrogens is 1. The monoisotopic (exact) mass is 383 g/mol. The normalized spacial score (nSPS) is 10.3. The van der Waals surface area contributed by atoms with Gasteiger partial charge in [0, 0.05) is 22.5 Å². The Morgan fingerprint density at radius 1 is 0.963 bits per heavy atom. The Morgan fingerprint density at radius 3 is 2.44 bits per heavy atom. The van der Waals surface area contributed by atoms with E-state index in [1.165, 1.54) is 36.5 Å². The van der Waals surface area contributed by atoms with Crippen LogP contribution in [0.1, 0.15) is 26.4 Å². The quantitative estimate of drug-likeness (QED) is 0.686. The minimum Gasteiger partial charge on any atom is -0.320 e. The Morgan fingerprint density at radius 2 is 1.70 bits per heavy atom. The summed E-state index contributed by atoms with van der Waals surface area (Å²) in [5.41, 5.74) is 1.69. The molecule has 0 aliphatic rings. The number of carbonyl (C=O) groups is 2. The molecule has 2 aromatic carbocycles. The molecule has 0 saturated heterocycles. The van der Waals surface area contributed by atoms with Crippen LogP contribution in [0, 0.1) is 12.7 Å². The lowest BCUT2D eigenvalue weighted by atomic mass is 10.1. The molecular weight excluding hydrogens is 369 g/mol. The molecule has 0 spiro atoms. The second kappa shape index (κ2) is 7.97. The number of anilines is 2. The lowest BCUT2D eigenvalue weighted by molar-refractivity contribution is 0.102. The topological polar surface area (TPSA) is 71.1 Å². The van der Waals surface area contributed by atoms with Crippen molar-refractivity contribution in [2.45, 2.75) is 6.92 Å². The van der Waals surface area contributed by atoms with Crippen LogP contribution in [0.3, 0.4) is 0 Å². The summed E-state index contributed by atoms with van der Waals surface area (Å²) in [7, 11) is 0. The van der Waals surface area contributed by atoms with Crippen LogP contribution in [0.5, 0.6) is 0 Å². The number of para-hydroxylation sites is 1. The van der Waals surface area contributed by atoms with Gasteiger partial charge in [0.2, 0.25) is 0 Å². The number of nitrogens with one attached hydrogen (secondary N) is 2. The van der Waals surface area contributed by atoms with Gasteiger partial charge in [-0.15, -0.1) is 0 Å². The SMILES string of the molecule is Cc1cc(Cl)ccc1NC(=O)c1cc(C(=O)Nc2ccccc2F)ccn1. The molecule has 0 saturated carbocycles. The fourth-order valence-electron chi connectivity index (χ4n) is 2.41. The second-order valence-corrected chi connectivity index (χ2v) is 6.21. The van der Waals surface area contributed by atoms with Crippen molar-refractivity contribution in [1.82, 2.24) is 4.98 Å². The van der Waals surface area contributed by atoms with Crippen molar-refractivity contribution >= 4 is 34.8 Å². The van der Waals surface area contributed by atoms with E-state index in [1.54, 1.807) is 24.3 Å². The van der Waals surface area contributed by atoms with Crippen LogP contribution in [0.15, 0.2) is 60.8 Å². The van der Waals surface area contributed by atoms with Crippen molar-refractivity contribution in [3.8, 4) is 0 Å². The summed E-state index contributed by atoms with van der Waals surface area (Å²) in [5, 5.41) is 5.76. The van der Waals surface area contributed by atoms with Gasteiger partial charge in [-0.3, -0.25) is 14.6 Å². The molecule has 1 aromatic heterocycles. The van der Waals surface area contributed by atoms with Gasteiger partial charge in [-0.05, 0) is 55.0 Å². The molecule has 3 rings (SSSR count). The van der Waals surface area contributed by atoms with E-state index in [4.69, 9.17) is 11.6 Å². The predicted octanol–water partition coefficient (Wildman–Crippen LogP) is 4.69. The van der Waals surface area contributed by atoms with Crippen molar-refractivity contribution in [3.63, 3.8) is 0 Å². The summed E-state index contributed by atoms with van der Waals surface area (Å²) in [6, 6.07) is 13.7. The first-order valence-electron chi connectivity index (χ1n) is 8.03. The van der Waals surface area contributed by atoms with Gasteiger partial charge in [-0.25, -0.2) is 4.39 Å². The molecule has 0 aliphatic heterocycles. The summed E-state index contributed by atoms with van der Waals surface area (Å²) >= 11 is 5.91. The van der Waals surface area contributed by atoms with Crippen molar-refractivity contribution in [1.29, 1.82) is 0 Å². The minimum atomic E-state index is -0.545. The standard InChI is InChI=1S/C20H15ClFN3O2/c1-12-10-14(21)6-7-16(12)24-20(27)18-11-13(8-9-23-18)19(26)25-17-5-3-2-4-15(17)22/h2-11H,1H3,(H,24,27)(H,25,26). The first kappa shape index (κ1) is 18.5. The number of nitrogens with zero attached hydrogens (tertiary/aromatic N) is 1. The second-order valence-electron chi connectivity index (χ2n) is 5.78. The molecule has 0 bridgehead atoms. The molecule has 0 atom stereocenters. The Kier molecular flexibility index (Phi) is 5.47. The van der Waals surface area contributed by atoms with Crippen LogP contribution in [0.25, 0.3) is 0 Å². The van der Waals surface area contributed by atoms with Gasteiger partial charge in [-0.2, -0.15) is 0 Å². The number of hydrogen-bond donors (Lipinski definition) is 2. The molecule has 1 heterocycles. The molecule has 136 valence electrons. The van der Waals surface area contributed by atoms with E-state index in [-0.39, 0.29) is 16.9 Å². The van der Waals surface area contributed by atoms with Crippen molar-refractivity contribution < 1.29 is 14.0 Å². The maximum absolute atomic E-state index is 13.7. The lowest BCUT2D eigenvalue weighted by Crippen LogP contribution is -2.17. The van der Waals surface area contributed by atoms with Crippen molar-refractivity contribution in [3.05, 3.63) is 88.5 Å². The van der Waals surface area contributed by atoms with E-state index in [9.17, 15) is 14.0 Å². The summed E-state index contributed by atoms with van der Waals surface area (Å²) < 4.78 is 13.7. The van der Waals surface area contributed by atoms with Crippen LogP contribution >= 0.6 is 11.6 Å². The molecule has 0 fully saturated rings. The largest absolute Gasteiger partial charge is 0.320 e. The van der Waals surface area contributed by atoms with Crippen LogP contribution in [-0.4, -0.2) is 16.8 Å². The average molecular weight is 384 g/mol. The van der Waals surface area contributed by atoms with Crippen LogP contribution < -0.4 is 10.6 Å². The summed E-state index contributed by atoms with van der Waals surface area (Å²) in [6.07, 6.45) is 1.35. The zero-order chi connectivity index (χ0) is 19.4. The van der Waals surface area contributed by atoms with Gasteiger partial charge in [0.05, 0.1) is 5.69 Å². The molecule has 5 nitrogen and oxygen atoms in total. The van der Waals surface area contributed by atoms with Gasteiger partial charge >= 0.3 is 0 Å². The molecule has 7 heteroatoms. The van der Waals surface area contributed by atoms with Crippen LogP contribution in [0.2, 0.25) is 5.02 Å². The number of carbonyl (C=O) groups excluding carboxylic acids is 2.